The molecule has 2 heterocycles. The van der Waals surface area contributed by atoms with Gasteiger partial charge in [-0.2, -0.15) is 10.1 Å². The van der Waals surface area contributed by atoms with E-state index in [1.54, 1.807) is 0 Å². The van der Waals surface area contributed by atoms with Gasteiger partial charge in [0.15, 0.2) is 5.82 Å². The Labute approximate surface area is 124 Å². The Morgan fingerprint density at radius 3 is 2.76 bits per heavy atom. The molecule has 0 spiro atoms. The van der Waals surface area contributed by atoms with Crippen molar-refractivity contribution in [1.82, 2.24) is 25.2 Å². The predicted octanol–water partition coefficient (Wildman–Crippen LogP) is 2.31. The minimum atomic E-state index is 0.463. The molecule has 2 aromatic rings. The second-order valence-electron chi connectivity index (χ2n) is 6.17. The topological polar surface area (TPSA) is 68.8 Å². The quantitative estimate of drug-likeness (QED) is 0.883. The summed E-state index contributed by atoms with van der Waals surface area (Å²) in [7, 11) is 0. The van der Waals surface area contributed by atoms with E-state index in [9.17, 15) is 0 Å². The van der Waals surface area contributed by atoms with Gasteiger partial charge in [0.05, 0.1) is 5.69 Å². The summed E-state index contributed by atoms with van der Waals surface area (Å²) < 4.78 is 7.27. The van der Waals surface area contributed by atoms with E-state index in [0.717, 1.165) is 18.1 Å². The maximum absolute atomic E-state index is 5.30. The monoisotopic (exact) mass is 289 g/mol. The summed E-state index contributed by atoms with van der Waals surface area (Å²) in [6, 6.07) is 0.463. The Kier molecular flexibility index (Phi) is 3.80. The molecule has 1 saturated carbocycles. The van der Waals surface area contributed by atoms with Crippen LogP contribution in [-0.4, -0.2) is 26.0 Å². The van der Waals surface area contributed by atoms with Crippen molar-refractivity contribution in [2.75, 3.05) is 0 Å². The fourth-order valence-electron chi connectivity index (χ4n) is 2.41. The number of hydrogen-bond donors (Lipinski definition) is 1. The molecule has 0 saturated heterocycles. The molecular weight excluding hydrogens is 266 g/mol. The van der Waals surface area contributed by atoms with Crippen LogP contribution in [0.15, 0.2) is 4.52 Å². The lowest BCUT2D eigenvalue weighted by atomic mass is 10.2. The molecule has 0 amide bonds. The van der Waals surface area contributed by atoms with Gasteiger partial charge in [-0.3, -0.25) is 4.68 Å². The zero-order valence-corrected chi connectivity index (χ0v) is 13.2. The Balaban J connectivity index is 1.73. The van der Waals surface area contributed by atoms with Crippen LogP contribution < -0.4 is 5.32 Å². The SMILES string of the molecule is Cc1nn(Cc2noc(C3CC3)n2)c(C)c1CNC(C)C. The average Bonchev–Trinajstić information content (AvgIpc) is 3.12. The van der Waals surface area contributed by atoms with E-state index in [-0.39, 0.29) is 0 Å². The molecule has 0 atom stereocenters. The van der Waals surface area contributed by atoms with Crippen molar-refractivity contribution in [2.45, 2.75) is 65.6 Å². The van der Waals surface area contributed by atoms with Gasteiger partial charge in [0.1, 0.15) is 6.54 Å². The van der Waals surface area contributed by atoms with E-state index in [4.69, 9.17) is 4.52 Å². The Morgan fingerprint density at radius 2 is 2.10 bits per heavy atom. The lowest BCUT2D eigenvalue weighted by Gasteiger charge is -2.08. The molecule has 0 aromatic carbocycles. The molecular formula is C15H23N5O. The molecule has 21 heavy (non-hydrogen) atoms. The zero-order valence-electron chi connectivity index (χ0n) is 13.2. The average molecular weight is 289 g/mol. The highest BCUT2D eigenvalue weighted by Gasteiger charge is 2.29. The Hall–Kier alpha value is -1.69. The maximum Gasteiger partial charge on any atom is 0.229 e. The van der Waals surface area contributed by atoms with Crippen LogP contribution in [0.3, 0.4) is 0 Å². The fourth-order valence-corrected chi connectivity index (χ4v) is 2.41. The first kappa shape index (κ1) is 14.3. The van der Waals surface area contributed by atoms with Gasteiger partial charge in [0.25, 0.3) is 0 Å². The van der Waals surface area contributed by atoms with Crippen molar-refractivity contribution in [3.63, 3.8) is 0 Å². The Morgan fingerprint density at radius 1 is 1.33 bits per heavy atom. The van der Waals surface area contributed by atoms with Crippen LogP contribution >= 0.6 is 0 Å². The lowest BCUT2D eigenvalue weighted by Crippen LogP contribution is -2.22. The number of nitrogens with zero attached hydrogens (tertiary/aromatic N) is 4. The molecule has 1 fully saturated rings. The summed E-state index contributed by atoms with van der Waals surface area (Å²) >= 11 is 0. The van der Waals surface area contributed by atoms with Crippen molar-refractivity contribution in [3.8, 4) is 0 Å². The van der Waals surface area contributed by atoms with Gasteiger partial charge in [-0.1, -0.05) is 19.0 Å². The number of aryl methyl sites for hydroxylation is 1. The molecule has 0 unspecified atom stereocenters. The minimum absolute atomic E-state index is 0.463. The van der Waals surface area contributed by atoms with Gasteiger partial charge < -0.3 is 9.84 Å². The standard InChI is InChI=1S/C15H23N5O/c1-9(2)16-7-13-10(3)18-20(11(13)4)8-14-17-15(21-19-14)12-5-6-12/h9,12,16H,5-8H2,1-4H3. The molecule has 1 aliphatic rings. The van der Waals surface area contributed by atoms with Gasteiger partial charge >= 0.3 is 0 Å². The number of hydrogen-bond acceptors (Lipinski definition) is 5. The van der Waals surface area contributed by atoms with Crippen molar-refractivity contribution in [3.05, 3.63) is 28.7 Å². The highest BCUT2D eigenvalue weighted by Crippen LogP contribution is 2.38. The van der Waals surface area contributed by atoms with Crippen molar-refractivity contribution in [1.29, 1.82) is 0 Å². The van der Waals surface area contributed by atoms with Crippen LogP contribution in [0.1, 0.15) is 61.3 Å². The van der Waals surface area contributed by atoms with Crippen LogP contribution in [0.4, 0.5) is 0 Å². The highest BCUT2D eigenvalue weighted by molar-refractivity contribution is 5.24. The van der Waals surface area contributed by atoms with Gasteiger partial charge in [0.2, 0.25) is 5.89 Å². The summed E-state index contributed by atoms with van der Waals surface area (Å²) in [5.41, 5.74) is 3.49. The smallest absolute Gasteiger partial charge is 0.229 e. The lowest BCUT2D eigenvalue weighted by molar-refractivity contribution is 0.372. The first-order valence-corrected chi connectivity index (χ1v) is 7.63. The van der Waals surface area contributed by atoms with Crippen LogP contribution in [-0.2, 0) is 13.1 Å². The third kappa shape index (κ3) is 3.15. The minimum Gasteiger partial charge on any atom is -0.339 e. The molecule has 0 bridgehead atoms. The molecule has 0 aliphatic heterocycles. The first-order valence-electron chi connectivity index (χ1n) is 7.63. The second-order valence-corrected chi connectivity index (χ2v) is 6.17. The molecule has 6 heteroatoms. The number of aromatic nitrogens is 4. The highest BCUT2D eigenvalue weighted by atomic mass is 16.5. The van der Waals surface area contributed by atoms with Gasteiger partial charge in [-0.05, 0) is 26.7 Å². The van der Waals surface area contributed by atoms with Crippen molar-refractivity contribution < 1.29 is 4.52 Å². The normalized spacial score (nSPS) is 15.1. The molecule has 3 rings (SSSR count). The van der Waals surface area contributed by atoms with Crippen LogP contribution in [0, 0.1) is 13.8 Å². The predicted molar refractivity (Wildman–Crippen MR) is 79.1 cm³/mol. The van der Waals surface area contributed by atoms with E-state index in [1.165, 1.54) is 24.1 Å². The van der Waals surface area contributed by atoms with Gasteiger partial charge in [-0.25, -0.2) is 0 Å². The second kappa shape index (κ2) is 5.60. The largest absolute Gasteiger partial charge is 0.339 e. The number of rotatable bonds is 6. The molecule has 114 valence electrons. The molecule has 2 aromatic heterocycles. The maximum atomic E-state index is 5.30. The van der Waals surface area contributed by atoms with Crippen molar-refractivity contribution in [2.24, 2.45) is 0 Å². The summed E-state index contributed by atoms with van der Waals surface area (Å²) in [5, 5.41) is 12.1. The summed E-state index contributed by atoms with van der Waals surface area (Å²) in [6.07, 6.45) is 2.35. The molecule has 1 aliphatic carbocycles. The van der Waals surface area contributed by atoms with Gasteiger partial charge in [-0.15, -0.1) is 0 Å². The zero-order chi connectivity index (χ0) is 15.0. The van der Waals surface area contributed by atoms with E-state index in [1.807, 2.05) is 11.6 Å². The van der Waals surface area contributed by atoms with Crippen LogP contribution in [0.25, 0.3) is 0 Å². The Bertz CT molecular complexity index is 624. The van der Waals surface area contributed by atoms with E-state index >= 15 is 0 Å². The third-order valence-electron chi connectivity index (χ3n) is 3.92. The van der Waals surface area contributed by atoms with Crippen LogP contribution in [0.2, 0.25) is 0 Å². The summed E-state index contributed by atoms with van der Waals surface area (Å²) in [6.45, 7) is 9.85. The third-order valence-corrected chi connectivity index (χ3v) is 3.92. The van der Waals surface area contributed by atoms with Gasteiger partial charge in [0, 0.05) is 29.8 Å². The van der Waals surface area contributed by atoms with E-state index in [0.29, 0.717) is 24.3 Å². The molecule has 6 nitrogen and oxygen atoms in total. The van der Waals surface area contributed by atoms with E-state index in [2.05, 4.69) is 41.3 Å². The summed E-state index contributed by atoms with van der Waals surface area (Å²) in [5.74, 6) is 2.00. The molecule has 1 N–H and O–H groups in total. The fraction of sp³-hybridized carbons (Fsp3) is 0.667. The summed E-state index contributed by atoms with van der Waals surface area (Å²) in [4.78, 5) is 4.47. The molecule has 0 radical (unpaired) electrons. The van der Waals surface area contributed by atoms with Crippen molar-refractivity contribution >= 4 is 0 Å². The first-order chi connectivity index (χ1) is 10.0. The van der Waals surface area contributed by atoms with E-state index < -0.39 is 0 Å². The van der Waals surface area contributed by atoms with Crippen LogP contribution in [0.5, 0.6) is 0 Å². The number of nitrogens with one attached hydrogen (secondary N) is 1.